The largest absolute Gasteiger partial charge is 0.507 e. The number of hydrogen-bond donors (Lipinski definition) is 8. The van der Waals surface area contributed by atoms with Crippen LogP contribution in [0, 0.1) is 0 Å². The number of aliphatic hydroxyl groups excluding tert-OH is 6. The van der Waals surface area contributed by atoms with Crippen LogP contribution < -0.4 is 14.2 Å². The topological polar surface area (TPSA) is 234 Å². The van der Waals surface area contributed by atoms with E-state index in [0.29, 0.717) is 5.56 Å². The monoisotopic (exact) mass is 610 g/mol. The molecule has 0 saturated carbocycles. The van der Waals surface area contributed by atoms with Gasteiger partial charge in [-0.1, -0.05) is 6.07 Å². The van der Waals surface area contributed by atoms with E-state index in [-0.39, 0.29) is 35.0 Å². The molecule has 3 heterocycles. The predicted octanol–water partition coefficient (Wildman–Crippen LogP) is -1.16. The Kier molecular flexibility index (Phi) is 8.99. The molecular weight excluding hydrogens is 576 g/mol. The second-order valence-corrected chi connectivity index (χ2v) is 10.6. The van der Waals surface area contributed by atoms with Gasteiger partial charge in [0.15, 0.2) is 23.6 Å². The highest BCUT2D eigenvalue weighted by molar-refractivity contribution is 6.02. The molecule has 11 atom stereocenters. The second kappa shape index (κ2) is 12.4. The van der Waals surface area contributed by atoms with Crippen LogP contribution >= 0.6 is 0 Å². The van der Waals surface area contributed by atoms with Crippen molar-refractivity contribution in [2.45, 2.75) is 80.9 Å². The van der Waals surface area contributed by atoms with Gasteiger partial charge in [-0.05, 0) is 24.6 Å². The number of carbonyl (C=O) groups is 1. The maximum atomic E-state index is 12.9. The molecule has 5 rings (SSSR count). The lowest BCUT2D eigenvalue weighted by Gasteiger charge is -2.42. The first kappa shape index (κ1) is 31.2. The number of methoxy groups -OCH3 is 1. The third-order valence-corrected chi connectivity index (χ3v) is 7.70. The summed E-state index contributed by atoms with van der Waals surface area (Å²) in [7, 11) is 1.39. The molecule has 8 N–H and O–H groups in total. The van der Waals surface area contributed by atoms with Gasteiger partial charge in [0, 0.05) is 12.1 Å². The molecule has 5 unspecified atom stereocenters. The smallest absolute Gasteiger partial charge is 0.229 e. The molecule has 15 heteroatoms. The van der Waals surface area contributed by atoms with Crippen molar-refractivity contribution in [3.05, 3.63) is 41.5 Å². The fourth-order valence-corrected chi connectivity index (χ4v) is 5.20. The zero-order valence-electron chi connectivity index (χ0n) is 23.1. The Bertz CT molecular complexity index is 1320. The van der Waals surface area contributed by atoms with Crippen molar-refractivity contribution in [2.75, 3.05) is 13.7 Å². The van der Waals surface area contributed by atoms with E-state index in [0.717, 1.165) is 6.07 Å². The number of phenolic OH excluding ortho intramolecular Hbond substituents is 2. The van der Waals surface area contributed by atoms with E-state index in [1.165, 1.54) is 32.2 Å². The molecule has 0 aliphatic carbocycles. The second-order valence-electron chi connectivity index (χ2n) is 10.6. The maximum absolute atomic E-state index is 12.9. The first-order chi connectivity index (χ1) is 20.4. The quantitative estimate of drug-likeness (QED) is 0.185. The van der Waals surface area contributed by atoms with Crippen LogP contribution in [-0.4, -0.2) is 122 Å². The number of hydrogen-bond acceptors (Lipinski definition) is 15. The summed E-state index contributed by atoms with van der Waals surface area (Å²) in [6, 6.07) is 6.90. The average Bonchev–Trinajstić information content (AvgIpc) is 2.97. The molecule has 43 heavy (non-hydrogen) atoms. The third-order valence-electron chi connectivity index (χ3n) is 7.70. The summed E-state index contributed by atoms with van der Waals surface area (Å²) in [6.07, 6.45) is -15.9. The Morgan fingerprint density at radius 1 is 0.837 bits per heavy atom. The van der Waals surface area contributed by atoms with Crippen LogP contribution in [0.1, 0.15) is 35.4 Å². The van der Waals surface area contributed by atoms with Crippen LogP contribution in [-0.2, 0) is 14.2 Å². The molecule has 0 bridgehead atoms. The Balaban J connectivity index is 1.30. The van der Waals surface area contributed by atoms with Gasteiger partial charge < -0.3 is 69.3 Å². The van der Waals surface area contributed by atoms with Crippen molar-refractivity contribution < 1.29 is 74.1 Å². The fraction of sp³-hybridized carbons (Fsp3) is 0.536. The lowest BCUT2D eigenvalue weighted by molar-refractivity contribution is -0.318. The summed E-state index contributed by atoms with van der Waals surface area (Å²) in [5.74, 6) is -0.999. The van der Waals surface area contributed by atoms with E-state index in [2.05, 4.69) is 0 Å². The van der Waals surface area contributed by atoms with Gasteiger partial charge in [0.25, 0.3) is 0 Å². The Labute approximate surface area is 245 Å². The Morgan fingerprint density at radius 2 is 1.53 bits per heavy atom. The van der Waals surface area contributed by atoms with Crippen LogP contribution in [0.2, 0.25) is 0 Å². The van der Waals surface area contributed by atoms with Crippen LogP contribution in [0.15, 0.2) is 30.3 Å². The van der Waals surface area contributed by atoms with Gasteiger partial charge in [0.05, 0.1) is 26.2 Å². The molecule has 2 aromatic rings. The van der Waals surface area contributed by atoms with Crippen LogP contribution in [0.4, 0.5) is 0 Å². The molecule has 0 radical (unpaired) electrons. The molecule has 2 aromatic carbocycles. The molecule has 2 saturated heterocycles. The van der Waals surface area contributed by atoms with Gasteiger partial charge in [-0.3, -0.25) is 4.79 Å². The Hall–Kier alpha value is -3.25. The number of carbonyl (C=O) groups excluding carboxylic acids is 1. The minimum absolute atomic E-state index is 0.0457. The lowest BCUT2D eigenvalue weighted by Crippen LogP contribution is -2.61. The molecule has 2 fully saturated rings. The minimum Gasteiger partial charge on any atom is -0.507 e. The molecule has 3 aliphatic heterocycles. The van der Waals surface area contributed by atoms with Crippen molar-refractivity contribution in [3.63, 3.8) is 0 Å². The van der Waals surface area contributed by atoms with Gasteiger partial charge in [-0.2, -0.15) is 0 Å². The summed E-state index contributed by atoms with van der Waals surface area (Å²) in [5.41, 5.74) is 0.373. The normalized spacial score (nSPS) is 36.0. The highest BCUT2D eigenvalue weighted by atomic mass is 16.7. The number of aliphatic hydroxyl groups is 6. The molecule has 0 aromatic heterocycles. The highest BCUT2D eigenvalue weighted by Crippen LogP contribution is 2.43. The van der Waals surface area contributed by atoms with Gasteiger partial charge in [-0.25, -0.2) is 0 Å². The number of benzene rings is 2. The van der Waals surface area contributed by atoms with Crippen molar-refractivity contribution in [1.82, 2.24) is 0 Å². The van der Waals surface area contributed by atoms with Crippen molar-refractivity contribution in [3.8, 4) is 28.7 Å². The third kappa shape index (κ3) is 6.08. The summed E-state index contributed by atoms with van der Waals surface area (Å²) < 4.78 is 33.1. The number of rotatable bonds is 7. The zero-order chi connectivity index (χ0) is 31.2. The standard InChI is InChI=1S/C28H34O15/c1-10-21(32)23(34)25(36)27(40-10)39-9-19-22(33)24(35)26(37)28(43-19)41-12-6-14(30)20-15(31)8-17(42-18(20)7-12)11-3-4-16(38-2)13(29)5-11/h3-7,10,17,19,21-30,32-37H,8-9H2,1-2H3/t10?,17-,19+,21-,22?,23?,24-,25?,26?,27+,28+/m0/s1. The highest BCUT2D eigenvalue weighted by Gasteiger charge is 2.47. The Morgan fingerprint density at radius 3 is 2.23 bits per heavy atom. The van der Waals surface area contributed by atoms with E-state index in [9.17, 15) is 45.6 Å². The fourth-order valence-electron chi connectivity index (χ4n) is 5.20. The van der Waals surface area contributed by atoms with Crippen LogP contribution in [0.5, 0.6) is 28.7 Å². The number of aromatic hydroxyl groups is 2. The van der Waals surface area contributed by atoms with Crippen molar-refractivity contribution >= 4 is 5.78 Å². The zero-order valence-corrected chi connectivity index (χ0v) is 23.1. The van der Waals surface area contributed by atoms with Gasteiger partial charge in [0.2, 0.25) is 6.29 Å². The molecule has 0 spiro atoms. The molecular formula is C28H34O15. The van der Waals surface area contributed by atoms with E-state index < -0.39 is 85.7 Å². The number of ether oxygens (including phenoxy) is 6. The molecule has 0 amide bonds. The van der Waals surface area contributed by atoms with Crippen molar-refractivity contribution in [2.24, 2.45) is 0 Å². The van der Waals surface area contributed by atoms with Gasteiger partial charge >= 0.3 is 0 Å². The maximum Gasteiger partial charge on any atom is 0.229 e. The van der Waals surface area contributed by atoms with Crippen LogP contribution in [0.25, 0.3) is 0 Å². The average molecular weight is 611 g/mol. The SMILES string of the molecule is COc1ccc([C@@H]2CC(=O)c3c(O)cc(O[C@@H]4O[C@H](CO[C@@H]5OC(C)[C@H](O)C(O)C5O)C(O)[C@H](O)C4O)cc3O2)cc1O. The van der Waals surface area contributed by atoms with E-state index in [1.54, 1.807) is 6.07 Å². The van der Waals surface area contributed by atoms with Gasteiger partial charge in [0.1, 0.15) is 71.6 Å². The predicted molar refractivity (Wildman–Crippen MR) is 141 cm³/mol. The summed E-state index contributed by atoms with van der Waals surface area (Å²) >= 11 is 0. The van der Waals surface area contributed by atoms with E-state index >= 15 is 0 Å². The number of phenols is 2. The van der Waals surface area contributed by atoms with E-state index in [1.807, 2.05) is 0 Å². The number of Topliss-reactive ketones (excluding diaryl/α,β-unsaturated/α-hetero) is 1. The number of ketones is 1. The summed E-state index contributed by atoms with van der Waals surface area (Å²) in [6.45, 7) is 0.964. The molecule has 15 nitrogen and oxygen atoms in total. The molecule has 236 valence electrons. The number of fused-ring (bicyclic) bond motifs is 1. The minimum atomic E-state index is -1.77. The first-order valence-electron chi connectivity index (χ1n) is 13.5. The molecule has 3 aliphatic rings. The first-order valence-corrected chi connectivity index (χ1v) is 13.5. The summed E-state index contributed by atoms with van der Waals surface area (Å²) in [5, 5.41) is 82.2. The van der Waals surface area contributed by atoms with Gasteiger partial charge in [-0.15, -0.1) is 0 Å². The van der Waals surface area contributed by atoms with E-state index in [4.69, 9.17) is 28.4 Å². The summed E-state index contributed by atoms with van der Waals surface area (Å²) in [4.78, 5) is 12.9. The van der Waals surface area contributed by atoms with Crippen LogP contribution in [0.3, 0.4) is 0 Å². The van der Waals surface area contributed by atoms with Crippen molar-refractivity contribution in [1.29, 1.82) is 0 Å². The lowest BCUT2D eigenvalue weighted by atomic mass is 9.95.